The topological polar surface area (TPSA) is 45.7 Å². The van der Waals surface area contributed by atoms with Gasteiger partial charge < -0.3 is 4.74 Å². The van der Waals surface area contributed by atoms with Gasteiger partial charge in [-0.3, -0.25) is 14.6 Å². The normalized spacial score (nSPS) is 14.8. The van der Waals surface area contributed by atoms with Gasteiger partial charge in [-0.2, -0.15) is 0 Å². The molecular weight excluding hydrogens is 442 g/mol. The van der Waals surface area contributed by atoms with Crippen molar-refractivity contribution >= 4 is 55.0 Å². The minimum absolute atomic E-state index is 0.0343. The lowest BCUT2D eigenvalue weighted by Crippen LogP contribution is -2.39. The van der Waals surface area contributed by atoms with Crippen LogP contribution in [0.2, 0.25) is 5.02 Å². The zero-order chi connectivity index (χ0) is 21.9. The Morgan fingerprint density at radius 1 is 1.06 bits per heavy atom. The summed E-state index contributed by atoms with van der Waals surface area (Å²) in [5.41, 5.74) is 1.42. The van der Waals surface area contributed by atoms with E-state index in [-0.39, 0.29) is 5.91 Å². The molecule has 164 valence electrons. The van der Waals surface area contributed by atoms with Gasteiger partial charge in [-0.05, 0) is 41.5 Å². The van der Waals surface area contributed by atoms with Crippen molar-refractivity contribution in [2.45, 2.75) is 6.42 Å². The van der Waals surface area contributed by atoms with E-state index in [1.165, 1.54) is 11.3 Å². The van der Waals surface area contributed by atoms with Crippen LogP contribution in [0.5, 0.6) is 0 Å². The van der Waals surface area contributed by atoms with Crippen LogP contribution < -0.4 is 4.90 Å². The molecule has 5 nitrogen and oxygen atoms in total. The Bertz CT molecular complexity index is 1250. The quantitative estimate of drug-likeness (QED) is 0.378. The van der Waals surface area contributed by atoms with Gasteiger partial charge in [0.25, 0.3) is 5.91 Å². The molecule has 1 aromatic heterocycles. The molecule has 0 unspecified atom stereocenters. The summed E-state index contributed by atoms with van der Waals surface area (Å²) in [5.74, 6) is -0.0343. The zero-order valence-electron chi connectivity index (χ0n) is 17.7. The van der Waals surface area contributed by atoms with Crippen LogP contribution in [0.3, 0.4) is 0 Å². The van der Waals surface area contributed by atoms with Crippen molar-refractivity contribution in [3.05, 3.63) is 71.2 Å². The largest absolute Gasteiger partial charge is 0.379 e. The number of carbonyl (C=O) groups is 1. The summed E-state index contributed by atoms with van der Waals surface area (Å²) in [6.07, 6.45) is 0.864. The number of fused-ring (bicyclic) bond motifs is 2. The van der Waals surface area contributed by atoms with Crippen LogP contribution in [-0.2, 0) is 4.74 Å². The Morgan fingerprint density at radius 2 is 1.88 bits per heavy atom. The summed E-state index contributed by atoms with van der Waals surface area (Å²) in [6.45, 7) is 4.95. The fourth-order valence-corrected chi connectivity index (χ4v) is 5.35. The van der Waals surface area contributed by atoms with E-state index in [0.29, 0.717) is 22.3 Å². The molecule has 1 saturated heterocycles. The molecule has 0 atom stereocenters. The highest BCUT2D eigenvalue weighted by atomic mass is 35.5. The molecule has 0 spiro atoms. The maximum Gasteiger partial charge on any atom is 0.260 e. The van der Waals surface area contributed by atoms with Gasteiger partial charge in [-0.25, -0.2) is 4.98 Å². The first-order valence-electron chi connectivity index (χ1n) is 10.8. The number of aromatic nitrogens is 1. The summed E-state index contributed by atoms with van der Waals surface area (Å²) in [6, 6.07) is 19.7. The van der Waals surface area contributed by atoms with E-state index >= 15 is 0 Å². The number of rotatable bonds is 6. The number of amides is 1. The maximum atomic E-state index is 13.7. The Balaban J connectivity index is 1.44. The first-order valence-corrected chi connectivity index (χ1v) is 12.0. The van der Waals surface area contributed by atoms with E-state index in [4.69, 9.17) is 21.3 Å². The summed E-state index contributed by atoms with van der Waals surface area (Å²) in [5, 5.41) is 3.47. The van der Waals surface area contributed by atoms with Crippen molar-refractivity contribution in [2.24, 2.45) is 0 Å². The van der Waals surface area contributed by atoms with Crippen molar-refractivity contribution in [3.8, 4) is 0 Å². The molecule has 0 aliphatic carbocycles. The van der Waals surface area contributed by atoms with Crippen molar-refractivity contribution in [2.75, 3.05) is 44.3 Å². The minimum atomic E-state index is -0.0343. The molecule has 1 aliphatic heterocycles. The van der Waals surface area contributed by atoms with Crippen molar-refractivity contribution < 1.29 is 9.53 Å². The van der Waals surface area contributed by atoms with E-state index in [1.807, 2.05) is 59.5 Å². The van der Waals surface area contributed by atoms with Gasteiger partial charge in [-0.15, -0.1) is 0 Å². The number of thiazole rings is 1. The monoisotopic (exact) mass is 465 g/mol. The average molecular weight is 466 g/mol. The average Bonchev–Trinajstić information content (AvgIpc) is 3.27. The van der Waals surface area contributed by atoms with Crippen LogP contribution in [0.1, 0.15) is 16.8 Å². The number of morpholine rings is 1. The molecule has 0 radical (unpaired) electrons. The van der Waals surface area contributed by atoms with Gasteiger partial charge in [-0.1, -0.05) is 59.3 Å². The van der Waals surface area contributed by atoms with Crippen LogP contribution in [0.15, 0.2) is 60.7 Å². The van der Waals surface area contributed by atoms with E-state index in [1.54, 1.807) is 0 Å². The number of nitrogens with zero attached hydrogens (tertiary/aromatic N) is 3. The van der Waals surface area contributed by atoms with Gasteiger partial charge in [0.15, 0.2) is 5.13 Å². The molecule has 3 aromatic carbocycles. The predicted octanol–water partition coefficient (Wildman–Crippen LogP) is 5.47. The summed E-state index contributed by atoms with van der Waals surface area (Å²) < 4.78 is 6.43. The molecular formula is C25H24ClN3O2S. The van der Waals surface area contributed by atoms with Crippen LogP contribution in [0.25, 0.3) is 21.0 Å². The molecule has 32 heavy (non-hydrogen) atoms. The number of hydrogen-bond donors (Lipinski definition) is 0. The number of benzene rings is 3. The minimum Gasteiger partial charge on any atom is -0.379 e. The molecule has 1 amide bonds. The number of hydrogen-bond acceptors (Lipinski definition) is 5. The lowest BCUT2D eigenvalue weighted by molar-refractivity contribution is 0.0376. The van der Waals surface area contributed by atoms with Crippen LogP contribution >= 0.6 is 22.9 Å². The van der Waals surface area contributed by atoms with Gasteiger partial charge in [0.05, 0.1) is 22.9 Å². The zero-order valence-corrected chi connectivity index (χ0v) is 19.2. The van der Waals surface area contributed by atoms with Gasteiger partial charge >= 0.3 is 0 Å². The first-order chi connectivity index (χ1) is 15.7. The summed E-state index contributed by atoms with van der Waals surface area (Å²) in [4.78, 5) is 22.6. The molecule has 2 heterocycles. The second-order valence-corrected chi connectivity index (χ2v) is 9.33. The van der Waals surface area contributed by atoms with Crippen molar-refractivity contribution in [1.82, 2.24) is 9.88 Å². The van der Waals surface area contributed by atoms with Crippen molar-refractivity contribution in [1.29, 1.82) is 0 Å². The molecule has 1 fully saturated rings. The second-order valence-electron chi connectivity index (χ2n) is 7.91. The standard InChI is InChI=1S/C25H24ClN3O2S/c26-21-7-3-8-22-23(21)27-25(32-22)29(12-4-11-28-13-15-31-16-14-28)24(30)20-10-9-18-5-1-2-6-19(18)17-20/h1-3,5-10,17H,4,11-16H2. The number of carbonyl (C=O) groups excluding carboxylic acids is 1. The third kappa shape index (κ3) is 4.50. The van der Waals surface area contributed by atoms with Gasteiger partial charge in [0.2, 0.25) is 0 Å². The highest BCUT2D eigenvalue weighted by Crippen LogP contribution is 2.33. The SMILES string of the molecule is O=C(c1ccc2ccccc2c1)N(CCCN1CCOCC1)c1nc2c(Cl)cccc2s1. The fourth-order valence-electron chi connectivity index (χ4n) is 4.06. The summed E-state index contributed by atoms with van der Waals surface area (Å²) >= 11 is 7.87. The second kappa shape index (κ2) is 9.55. The molecule has 4 aromatic rings. The van der Waals surface area contributed by atoms with Gasteiger partial charge in [0.1, 0.15) is 5.52 Å². The highest BCUT2D eigenvalue weighted by Gasteiger charge is 2.22. The smallest absolute Gasteiger partial charge is 0.260 e. The maximum absolute atomic E-state index is 13.7. The highest BCUT2D eigenvalue weighted by molar-refractivity contribution is 7.22. The van der Waals surface area contributed by atoms with Crippen LogP contribution in [0, 0.1) is 0 Å². The Kier molecular flexibility index (Phi) is 6.37. The summed E-state index contributed by atoms with van der Waals surface area (Å²) in [7, 11) is 0. The molecule has 0 N–H and O–H groups in total. The predicted molar refractivity (Wildman–Crippen MR) is 132 cm³/mol. The molecule has 0 bridgehead atoms. The Hall–Kier alpha value is -2.51. The lowest BCUT2D eigenvalue weighted by atomic mass is 10.1. The molecule has 5 rings (SSSR count). The number of anilines is 1. The van der Waals surface area contributed by atoms with E-state index in [2.05, 4.69) is 11.0 Å². The van der Waals surface area contributed by atoms with E-state index in [9.17, 15) is 4.79 Å². The van der Waals surface area contributed by atoms with E-state index in [0.717, 1.165) is 60.3 Å². The third-order valence-corrected chi connectivity index (χ3v) is 7.14. The van der Waals surface area contributed by atoms with Crippen LogP contribution in [-0.4, -0.2) is 55.2 Å². The lowest BCUT2D eigenvalue weighted by Gasteiger charge is -2.27. The molecule has 1 aliphatic rings. The number of para-hydroxylation sites is 1. The van der Waals surface area contributed by atoms with Crippen LogP contribution in [0.4, 0.5) is 5.13 Å². The number of ether oxygens (including phenoxy) is 1. The molecule has 0 saturated carbocycles. The van der Waals surface area contributed by atoms with Gasteiger partial charge in [0, 0.05) is 31.7 Å². The third-order valence-electron chi connectivity index (χ3n) is 5.79. The van der Waals surface area contributed by atoms with E-state index < -0.39 is 0 Å². The number of halogens is 1. The Morgan fingerprint density at radius 3 is 2.69 bits per heavy atom. The fraction of sp³-hybridized carbons (Fsp3) is 0.280. The first kappa shape index (κ1) is 21.3. The molecule has 7 heteroatoms. The van der Waals surface area contributed by atoms with Crippen molar-refractivity contribution in [3.63, 3.8) is 0 Å². The Labute approximate surface area is 196 Å².